The minimum Gasteiger partial charge on any atom is -0.348 e. The standard InChI is InChI=1S/C23H20BrCl2FN2O3S/c1-15(16-5-7-17(24)8-6-16)28-23(30)14-29(13-20-21(26)3-2-4-22(20)27)33(31,32)19-11-9-18(25)10-12-19/h2-12,15H,13-14H2,1H3,(H,28,30). The van der Waals surface area contributed by atoms with Gasteiger partial charge in [0.2, 0.25) is 15.9 Å². The summed E-state index contributed by atoms with van der Waals surface area (Å²) in [5.41, 5.74) is 0.821. The first kappa shape index (κ1) is 25.6. The minimum atomic E-state index is -4.17. The summed E-state index contributed by atoms with van der Waals surface area (Å²) in [6.45, 7) is 0.833. The smallest absolute Gasteiger partial charge is 0.243 e. The molecule has 0 spiro atoms. The predicted molar refractivity (Wildman–Crippen MR) is 131 cm³/mol. The van der Waals surface area contributed by atoms with Gasteiger partial charge in [-0.3, -0.25) is 4.79 Å². The summed E-state index contributed by atoms with van der Waals surface area (Å²) in [6, 6.07) is 16.6. The van der Waals surface area contributed by atoms with Crippen molar-refractivity contribution in [2.75, 3.05) is 6.54 Å². The number of carbonyl (C=O) groups is 1. The van der Waals surface area contributed by atoms with Crippen molar-refractivity contribution < 1.29 is 17.6 Å². The van der Waals surface area contributed by atoms with Crippen LogP contribution in [0.2, 0.25) is 10.0 Å². The number of rotatable bonds is 8. The third-order valence-electron chi connectivity index (χ3n) is 4.92. The highest BCUT2D eigenvalue weighted by Crippen LogP contribution is 2.25. The van der Waals surface area contributed by atoms with E-state index in [0.717, 1.165) is 14.3 Å². The Morgan fingerprint density at radius 3 is 2.30 bits per heavy atom. The highest BCUT2D eigenvalue weighted by atomic mass is 79.9. The lowest BCUT2D eigenvalue weighted by Gasteiger charge is -2.24. The molecule has 0 aromatic heterocycles. The van der Waals surface area contributed by atoms with Crippen LogP contribution in [0.3, 0.4) is 0 Å². The fraction of sp³-hybridized carbons (Fsp3) is 0.174. The minimum absolute atomic E-state index is 0.0227. The van der Waals surface area contributed by atoms with Crippen molar-refractivity contribution in [3.8, 4) is 0 Å². The normalized spacial score (nSPS) is 12.5. The van der Waals surface area contributed by atoms with Gasteiger partial charge in [0.1, 0.15) is 5.82 Å². The highest BCUT2D eigenvalue weighted by Gasteiger charge is 2.29. The zero-order chi connectivity index (χ0) is 24.2. The molecule has 174 valence electrons. The Morgan fingerprint density at radius 2 is 1.70 bits per heavy atom. The molecule has 0 aliphatic heterocycles. The third kappa shape index (κ3) is 6.55. The van der Waals surface area contributed by atoms with Gasteiger partial charge in [0.15, 0.2) is 0 Å². The molecular formula is C23H20BrCl2FN2O3S. The van der Waals surface area contributed by atoms with Crippen LogP contribution in [-0.4, -0.2) is 25.2 Å². The molecule has 3 rings (SSSR count). The van der Waals surface area contributed by atoms with E-state index in [4.69, 9.17) is 23.2 Å². The molecule has 0 aliphatic rings. The lowest BCUT2D eigenvalue weighted by Crippen LogP contribution is -2.41. The first-order chi connectivity index (χ1) is 15.6. The van der Waals surface area contributed by atoms with Gasteiger partial charge in [0.05, 0.1) is 17.5 Å². The largest absolute Gasteiger partial charge is 0.348 e. The second-order valence-electron chi connectivity index (χ2n) is 7.27. The van der Waals surface area contributed by atoms with Gasteiger partial charge in [0.25, 0.3) is 0 Å². The van der Waals surface area contributed by atoms with Crippen LogP contribution in [0.4, 0.5) is 4.39 Å². The first-order valence-corrected chi connectivity index (χ1v) is 12.8. The molecule has 0 bridgehead atoms. The fourth-order valence-corrected chi connectivity index (χ4v) is 5.10. The summed E-state index contributed by atoms with van der Waals surface area (Å²) in [5, 5.41) is 3.21. The fourth-order valence-electron chi connectivity index (χ4n) is 3.12. The number of carbonyl (C=O) groups excluding carboxylic acids is 1. The molecule has 1 atom stereocenters. The summed E-state index contributed by atoms with van der Waals surface area (Å²) >= 11 is 15.4. The van der Waals surface area contributed by atoms with Crippen molar-refractivity contribution in [1.82, 2.24) is 9.62 Å². The Balaban J connectivity index is 1.88. The lowest BCUT2D eigenvalue weighted by atomic mass is 10.1. The maximum atomic E-state index is 14.4. The third-order valence-corrected chi connectivity index (χ3v) is 7.86. The number of benzene rings is 3. The second-order valence-corrected chi connectivity index (χ2v) is 11.0. The molecule has 0 saturated carbocycles. The van der Waals surface area contributed by atoms with Crippen LogP contribution in [0.15, 0.2) is 76.1 Å². The van der Waals surface area contributed by atoms with E-state index < -0.39 is 34.8 Å². The van der Waals surface area contributed by atoms with E-state index >= 15 is 0 Å². The van der Waals surface area contributed by atoms with Crippen LogP contribution in [-0.2, 0) is 21.4 Å². The molecule has 1 N–H and O–H groups in total. The van der Waals surface area contributed by atoms with Gasteiger partial charge in [-0.2, -0.15) is 4.31 Å². The van der Waals surface area contributed by atoms with E-state index in [1.54, 1.807) is 6.92 Å². The Kier molecular flexibility index (Phi) is 8.53. The van der Waals surface area contributed by atoms with Crippen molar-refractivity contribution in [1.29, 1.82) is 0 Å². The van der Waals surface area contributed by atoms with Gasteiger partial charge >= 0.3 is 0 Å². The van der Waals surface area contributed by atoms with E-state index in [1.807, 2.05) is 24.3 Å². The van der Waals surface area contributed by atoms with Gasteiger partial charge in [-0.25, -0.2) is 12.8 Å². The molecule has 1 unspecified atom stereocenters. The first-order valence-electron chi connectivity index (χ1n) is 9.81. The summed E-state index contributed by atoms with van der Waals surface area (Å²) in [6.07, 6.45) is 0. The number of nitrogens with one attached hydrogen (secondary N) is 1. The topological polar surface area (TPSA) is 66.5 Å². The summed E-state index contributed by atoms with van der Waals surface area (Å²) in [4.78, 5) is 12.7. The maximum Gasteiger partial charge on any atom is 0.243 e. The molecule has 33 heavy (non-hydrogen) atoms. The monoisotopic (exact) mass is 572 g/mol. The second kappa shape index (κ2) is 11.0. The van der Waals surface area contributed by atoms with Crippen LogP contribution in [0.5, 0.6) is 0 Å². The van der Waals surface area contributed by atoms with Gasteiger partial charge in [-0.1, -0.05) is 57.3 Å². The highest BCUT2D eigenvalue weighted by molar-refractivity contribution is 9.10. The molecule has 3 aromatic carbocycles. The van der Waals surface area contributed by atoms with Crippen molar-refractivity contribution in [3.05, 3.63) is 98.2 Å². The SMILES string of the molecule is CC(NC(=O)CN(Cc1c(F)cccc1Cl)S(=O)(=O)c1ccc(Cl)cc1)c1ccc(Br)cc1. The zero-order valence-corrected chi connectivity index (χ0v) is 21.3. The van der Waals surface area contributed by atoms with Crippen LogP contribution in [0.1, 0.15) is 24.1 Å². The molecule has 0 fully saturated rings. The summed E-state index contributed by atoms with van der Waals surface area (Å²) in [5.74, 6) is -1.21. The average Bonchev–Trinajstić information content (AvgIpc) is 2.76. The number of hydrogen-bond donors (Lipinski definition) is 1. The van der Waals surface area contributed by atoms with Gasteiger partial charge in [-0.05, 0) is 61.0 Å². The quantitative estimate of drug-likeness (QED) is 0.361. The van der Waals surface area contributed by atoms with E-state index in [1.165, 1.54) is 42.5 Å². The Bertz CT molecular complexity index is 1220. The summed E-state index contributed by atoms with van der Waals surface area (Å²) in [7, 11) is -4.17. The molecule has 0 heterocycles. The molecule has 3 aromatic rings. The number of hydrogen-bond acceptors (Lipinski definition) is 3. The van der Waals surface area contributed by atoms with Crippen LogP contribution in [0.25, 0.3) is 0 Å². The number of nitrogens with zero attached hydrogens (tertiary/aromatic N) is 1. The van der Waals surface area contributed by atoms with Crippen molar-refractivity contribution in [2.24, 2.45) is 0 Å². The number of halogens is 4. The van der Waals surface area contributed by atoms with Gasteiger partial charge in [0, 0.05) is 26.6 Å². The van der Waals surface area contributed by atoms with Crippen LogP contribution < -0.4 is 5.32 Å². The number of sulfonamides is 1. The van der Waals surface area contributed by atoms with E-state index in [0.29, 0.717) is 5.02 Å². The van der Waals surface area contributed by atoms with Gasteiger partial charge < -0.3 is 5.32 Å². The Labute approximate surface area is 210 Å². The molecule has 5 nitrogen and oxygen atoms in total. The van der Waals surface area contributed by atoms with Crippen molar-refractivity contribution >= 4 is 55.1 Å². The predicted octanol–water partition coefficient (Wildman–Crippen LogP) is 5.96. The molecule has 0 saturated heterocycles. The van der Waals surface area contributed by atoms with Crippen molar-refractivity contribution in [3.63, 3.8) is 0 Å². The molecule has 0 aliphatic carbocycles. The number of amides is 1. The molecule has 10 heteroatoms. The average molecular weight is 574 g/mol. The summed E-state index contributed by atoms with van der Waals surface area (Å²) < 4.78 is 42.9. The molecule has 0 radical (unpaired) electrons. The van der Waals surface area contributed by atoms with Gasteiger partial charge in [-0.15, -0.1) is 0 Å². The van der Waals surface area contributed by atoms with Crippen LogP contribution >= 0.6 is 39.1 Å². The lowest BCUT2D eigenvalue weighted by molar-refractivity contribution is -0.122. The zero-order valence-electron chi connectivity index (χ0n) is 17.4. The van der Waals surface area contributed by atoms with Crippen LogP contribution in [0, 0.1) is 5.82 Å². The maximum absolute atomic E-state index is 14.4. The van der Waals surface area contributed by atoms with E-state index in [2.05, 4.69) is 21.2 Å². The van der Waals surface area contributed by atoms with E-state index in [-0.39, 0.29) is 21.5 Å². The molecular weight excluding hydrogens is 554 g/mol. The van der Waals surface area contributed by atoms with Crippen molar-refractivity contribution in [2.45, 2.75) is 24.4 Å². The van der Waals surface area contributed by atoms with E-state index in [9.17, 15) is 17.6 Å². The Morgan fingerprint density at radius 1 is 1.06 bits per heavy atom. The molecule has 1 amide bonds. The Hall–Kier alpha value is -1.97.